The molecule has 0 spiro atoms. The van der Waals surface area contributed by atoms with Crippen molar-refractivity contribution >= 4 is 39.1 Å². The summed E-state index contributed by atoms with van der Waals surface area (Å²) in [6, 6.07) is 19.0. The lowest BCUT2D eigenvalue weighted by Crippen LogP contribution is -2.54. The van der Waals surface area contributed by atoms with Crippen LogP contribution >= 0.6 is 11.6 Å². The van der Waals surface area contributed by atoms with Crippen LogP contribution in [0.3, 0.4) is 0 Å². The van der Waals surface area contributed by atoms with E-state index in [-0.39, 0.29) is 30.6 Å². The zero-order valence-corrected chi connectivity index (χ0v) is 24.8. The fraction of sp³-hybridized carbons (Fsp3) is 0.355. The van der Waals surface area contributed by atoms with Crippen LogP contribution in [0.15, 0.2) is 72.8 Å². The van der Waals surface area contributed by atoms with Gasteiger partial charge in [-0.15, -0.1) is 0 Å². The molecule has 0 radical (unpaired) electrons. The monoisotopic (exact) mass is 599 g/mol. The second-order valence-corrected chi connectivity index (χ2v) is 12.8. The fourth-order valence-electron chi connectivity index (χ4n) is 5.17. The summed E-state index contributed by atoms with van der Waals surface area (Å²) in [4.78, 5) is 29.4. The third-order valence-electron chi connectivity index (χ3n) is 7.43. The molecule has 1 atom stereocenters. The van der Waals surface area contributed by atoms with Crippen molar-refractivity contribution in [3.05, 3.63) is 100 Å². The molecular weight excluding hydrogens is 565 g/mol. The minimum absolute atomic E-state index is 0.0131. The van der Waals surface area contributed by atoms with Crippen molar-refractivity contribution < 1.29 is 22.4 Å². The smallest absolute Gasteiger partial charge is 0.244 e. The molecule has 1 aliphatic carbocycles. The van der Waals surface area contributed by atoms with Crippen LogP contribution in [0, 0.1) is 12.7 Å². The normalized spacial score (nSPS) is 14.4. The van der Waals surface area contributed by atoms with Gasteiger partial charge in [-0.05, 0) is 60.7 Å². The van der Waals surface area contributed by atoms with E-state index in [0.717, 1.165) is 41.8 Å². The highest BCUT2D eigenvalue weighted by Crippen LogP contribution is 2.29. The van der Waals surface area contributed by atoms with Crippen LogP contribution in [0.5, 0.6) is 0 Å². The first-order valence-corrected chi connectivity index (χ1v) is 15.9. The molecule has 218 valence electrons. The molecule has 3 aromatic rings. The number of carbonyl (C=O) groups excluding carboxylic acids is 2. The van der Waals surface area contributed by atoms with Crippen molar-refractivity contribution in [1.29, 1.82) is 0 Å². The summed E-state index contributed by atoms with van der Waals surface area (Å²) in [6.07, 6.45) is 5.03. The van der Waals surface area contributed by atoms with Gasteiger partial charge < -0.3 is 10.2 Å². The molecule has 0 aliphatic heterocycles. The van der Waals surface area contributed by atoms with Gasteiger partial charge in [0.05, 0.1) is 11.9 Å². The molecule has 3 aromatic carbocycles. The van der Waals surface area contributed by atoms with Crippen molar-refractivity contribution in [1.82, 2.24) is 10.2 Å². The summed E-state index contributed by atoms with van der Waals surface area (Å²) in [5.41, 5.74) is 2.25. The SMILES string of the molecule is Cc1c(Cl)cccc1N(CC(=O)N(Cc1ccc(F)cc1)[C@H](Cc1ccccc1)C(=O)NC1CCCC1)S(C)(=O)=O. The lowest BCUT2D eigenvalue weighted by Gasteiger charge is -2.34. The third kappa shape index (κ3) is 8.07. The zero-order valence-electron chi connectivity index (χ0n) is 23.2. The molecule has 7 nitrogen and oxygen atoms in total. The first kappa shape index (κ1) is 30.5. The van der Waals surface area contributed by atoms with Crippen LogP contribution in [0.25, 0.3) is 0 Å². The largest absolute Gasteiger partial charge is 0.352 e. The summed E-state index contributed by atoms with van der Waals surface area (Å²) < 4.78 is 40.7. The summed E-state index contributed by atoms with van der Waals surface area (Å²) >= 11 is 6.29. The van der Waals surface area contributed by atoms with E-state index in [0.29, 0.717) is 16.1 Å². The number of rotatable bonds is 11. The van der Waals surface area contributed by atoms with E-state index in [2.05, 4.69) is 5.32 Å². The number of amides is 2. The highest BCUT2D eigenvalue weighted by Gasteiger charge is 2.34. The second kappa shape index (κ2) is 13.5. The van der Waals surface area contributed by atoms with Crippen LogP contribution < -0.4 is 9.62 Å². The maximum atomic E-state index is 14.1. The molecule has 2 amide bonds. The number of anilines is 1. The maximum absolute atomic E-state index is 14.1. The van der Waals surface area contributed by atoms with Crippen molar-refractivity contribution in [3.63, 3.8) is 0 Å². The van der Waals surface area contributed by atoms with Gasteiger partial charge in [-0.25, -0.2) is 12.8 Å². The number of benzene rings is 3. The average Bonchev–Trinajstić information content (AvgIpc) is 3.45. The fourth-order valence-corrected chi connectivity index (χ4v) is 6.24. The summed E-state index contributed by atoms with van der Waals surface area (Å²) in [5.74, 6) is -1.30. The zero-order chi connectivity index (χ0) is 29.6. The van der Waals surface area contributed by atoms with Crippen molar-refractivity contribution in [2.24, 2.45) is 0 Å². The molecule has 1 N–H and O–H groups in total. The number of halogens is 2. The van der Waals surface area contributed by atoms with Crippen LogP contribution in [0.2, 0.25) is 5.02 Å². The lowest BCUT2D eigenvalue weighted by atomic mass is 10.0. The van der Waals surface area contributed by atoms with Gasteiger partial charge in [-0.1, -0.05) is 73.0 Å². The number of carbonyl (C=O) groups is 2. The number of hydrogen-bond acceptors (Lipinski definition) is 4. The summed E-state index contributed by atoms with van der Waals surface area (Å²) in [6.45, 7) is 1.13. The Bertz CT molecular complexity index is 1460. The van der Waals surface area contributed by atoms with Crippen LogP contribution in [0.4, 0.5) is 10.1 Å². The van der Waals surface area contributed by atoms with Crippen LogP contribution in [0.1, 0.15) is 42.4 Å². The number of sulfonamides is 1. The van der Waals surface area contributed by atoms with E-state index < -0.39 is 34.3 Å². The Hall–Kier alpha value is -3.43. The topological polar surface area (TPSA) is 86.8 Å². The van der Waals surface area contributed by atoms with Gasteiger partial charge in [0.15, 0.2) is 0 Å². The minimum Gasteiger partial charge on any atom is -0.352 e. The maximum Gasteiger partial charge on any atom is 0.244 e. The van der Waals surface area contributed by atoms with Gasteiger partial charge in [-0.3, -0.25) is 13.9 Å². The van der Waals surface area contributed by atoms with E-state index in [1.165, 1.54) is 17.0 Å². The molecule has 0 bridgehead atoms. The van der Waals surface area contributed by atoms with Crippen molar-refractivity contribution in [2.45, 2.75) is 57.7 Å². The van der Waals surface area contributed by atoms with E-state index >= 15 is 0 Å². The Morgan fingerprint density at radius 3 is 2.27 bits per heavy atom. The average molecular weight is 600 g/mol. The Morgan fingerprint density at radius 1 is 0.976 bits per heavy atom. The Balaban J connectivity index is 1.74. The second-order valence-electron chi connectivity index (χ2n) is 10.5. The van der Waals surface area contributed by atoms with Gasteiger partial charge in [0.2, 0.25) is 21.8 Å². The van der Waals surface area contributed by atoms with E-state index in [1.807, 2.05) is 30.3 Å². The predicted molar refractivity (Wildman–Crippen MR) is 160 cm³/mol. The molecule has 0 aromatic heterocycles. The first-order chi connectivity index (χ1) is 19.5. The number of hydrogen-bond donors (Lipinski definition) is 1. The Morgan fingerprint density at radius 2 is 1.63 bits per heavy atom. The molecule has 41 heavy (non-hydrogen) atoms. The van der Waals surface area contributed by atoms with Crippen LogP contribution in [-0.2, 0) is 32.6 Å². The molecule has 1 saturated carbocycles. The van der Waals surface area contributed by atoms with Gasteiger partial charge >= 0.3 is 0 Å². The van der Waals surface area contributed by atoms with Crippen molar-refractivity contribution in [2.75, 3.05) is 17.1 Å². The number of nitrogens with one attached hydrogen (secondary N) is 1. The highest BCUT2D eigenvalue weighted by molar-refractivity contribution is 7.92. The molecule has 10 heteroatoms. The van der Waals surface area contributed by atoms with Gasteiger partial charge in [0, 0.05) is 24.0 Å². The summed E-state index contributed by atoms with van der Waals surface area (Å²) in [5, 5.41) is 3.48. The molecule has 0 saturated heterocycles. The van der Waals surface area contributed by atoms with Gasteiger partial charge in [0.1, 0.15) is 18.4 Å². The highest BCUT2D eigenvalue weighted by atomic mass is 35.5. The molecule has 0 heterocycles. The lowest BCUT2D eigenvalue weighted by molar-refractivity contribution is -0.140. The molecule has 4 rings (SSSR count). The van der Waals surface area contributed by atoms with E-state index in [1.54, 1.807) is 37.3 Å². The molecular formula is C31H35ClFN3O4S. The Labute approximate surface area is 246 Å². The molecule has 1 aliphatic rings. The predicted octanol–water partition coefficient (Wildman–Crippen LogP) is 5.25. The van der Waals surface area contributed by atoms with E-state index in [9.17, 15) is 22.4 Å². The third-order valence-corrected chi connectivity index (χ3v) is 8.96. The van der Waals surface area contributed by atoms with Gasteiger partial charge in [-0.2, -0.15) is 0 Å². The molecule has 1 fully saturated rings. The van der Waals surface area contributed by atoms with Crippen LogP contribution in [-0.4, -0.2) is 50.0 Å². The van der Waals surface area contributed by atoms with Crippen molar-refractivity contribution in [3.8, 4) is 0 Å². The quantitative estimate of drug-likeness (QED) is 0.326. The molecule has 0 unspecified atom stereocenters. The Kier molecular flexibility index (Phi) is 10.0. The number of nitrogens with zero attached hydrogens (tertiary/aromatic N) is 2. The van der Waals surface area contributed by atoms with Gasteiger partial charge in [0.25, 0.3) is 0 Å². The first-order valence-electron chi connectivity index (χ1n) is 13.6. The minimum atomic E-state index is -3.91. The standard InChI is InChI=1S/C31H35ClFN3O4S/c1-22-27(32)13-8-14-28(22)36(41(2,39)40)21-30(37)35(20-24-15-17-25(33)18-16-24)29(19-23-9-4-3-5-10-23)31(38)34-26-11-6-7-12-26/h3-5,8-10,13-18,26,29H,6-7,11-12,19-21H2,1-2H3,(H,34,38)/t29-/m1/s1. The summed E-state index contributed by atoms with van der Waals surface area (Å²) in [7, 11) is -3.91. The van der Waals surface area contributed by atoms with E-state index in [4.69, 9.17) is 11.6 Å².